The highest BCUT2D eigenvalue weighted by atomic mass is 32.2. The van der Waals surface area contributed by atoms with Crippen molar-refractivity contribution in [3.8, 4) is 11.8 Å². The Hall–Kier alpha value is -2.60. The molecule has 2 N–H and O–H groups in total. The van der Waals surface area contributed by atoms with Crippen LogP contribution < -0.4 is 4.72 Å². The lowest BCUT2D eigenvalue weighted by atomic mass is 10.1. The third kappa shape index (κ3) is 3.60. The van der Waals surface area contributed by atoms with E-state index in [2.05, 4.69) is 9.82 Å². The number of sulfonamides is 1. The van der Waals surface area contributed by atoms with Crippen LogP contribution in [0, 0.1) is 17.1 Å². The number of anilines is 1. The van der Waals surface area contributed by atoms with Gasteiger partial charge in [-0.25, -0.2) is 12.8 Å². The molecule has 1 heterocycles. The van der Waals surface area contributed by atoms with Gasteiger partial charge in [-0.3, -0.25) is 9.40 Å². The summed E-state index contributed by atoms with van der Waals surface area (Å²) in [5.41, 5.74) is -0.420. The predicted molar refractivity (Wildman–Crippen MR) is 80.8 cm³/mol. The molecule has 7 nitrogen and oxygen atoms in total. The number of phenols is 1. The molecular formula is C14H15FN4O3S. The van der Waals surface area contributed by atoms with E-state index in [-0.39, 0.29) is 11.4 Å². The second-order valence-corrected chi connectivity index (χ2v) is 7.55. The first-order valence-corrected chi connectivity index (χ1v) is 8.04. The molecule has 0 atom stereocenters. The van der Waals surface area contributed by atoms with Crippen molar-refractivity contribution < 1.29 is 17.9 Å². The molecule has 0 amide bonds. The van der Waals surface area contributed by atoms with E-state index in [1.54, 1.807) is 0 Å². The van der Waals surface area contributed by atoms with Crippen LogP contribution in [0.1, 0.15) is 26.3 Å². The minimum Gasteiger partial charge on any atom is -0.508 e. The highest BCUT2D eigenvalue weighted by Crippen LogP contribution is 2.24. The van der Waals surface area contributed by atoms with Gasteiger partial charge in [0.15, 0.2) is 5.82 Å². The number of hydrogen-bond acceptors (Lipinski definition) is 5. The maximum Gasteiger partial charge on any atom is 0.263 e. The average molecular weight is 338 g/mol. The smallest absolute Gasteiger partial charge is 0.263 e. The number of nitrogens with one attached hydrogen (secondary N) is 1. The summed E-state index contributed by atoms with van der Waals surface area (Å²) in [6, 6.07) is 4.30. The number of aromatic nitrogens is 2. The summed E-state index contributed by atoms with van der Waals surface area (Å²) < 4.78 is 41.4. The van der Waals surface area contributed by atoms with E-state index in [1.807, 2.05) is 26.8 Å². The zero-order chi connectivity index (χ0) is 17.4. The molecule has 9 heteroatoms. The predicted octanol–water partition coefficient (Wildman–Crippen LogP) is 2.16. The number of halogens is 1. The van der Waals surface area contributed by atoms with Crippen molar-refractivity contribution >= 4 is 15.8 Å². The van der Waals surface area contributed by atoms with Gasteiger partial charge in [0.1, 0.15) is 23.2 Å². The highest BCUT2D eigenvalue weighted by Gasteiger charge is 2.23. The van der Waals surface area contributed by atoms with Gasteiger partial charge in [-0.2, -0.15) is 10.4 Å². The van der Waals surface area contributed by atoms with Crippen LogP contribution in [-0.4, -0.2) is 23.3 Å². The minimum absolute atomic E-state index is 0.0316. The van der Waals surface area contributed by atoms with Crippen molar-refractivity contribution in [2.75, 3.05) is 4.72 Å². The molecule has 0 saturated heterocycles. The molecule has 0 unspecified atom stereocenters. The van der Waals surface area contributed by atoms with E-state index in [4.69, 9.17) is 5.26 Å². The first kappa shape index (κ1) is 16.8. The summed E-state index contributed by atoms with van der Waals surface area (Å²) in [5, 5.41) is 22.5. The van der Waals surface area contributed by atoms with Crippen molar-refractivity contribution in [3.05, 3.63) is 35.8 Å². The van der Waals surface area contributed by atoms with E-state index in [0.717, 1.165) is 18.2 Å². The lowest BCUT2D eigenvalue weighted by molar-refractivity contribution is 0.356. The van der Waals surface area contributed by atoms with E-state index < -0.39 is 32.0 Å². The quantitative estimate of drug-likeness (QED) is 0.891. The monoisotopic (exact) mass is 338 g/mol. The Labute approximate surface area is 133 Å². The van der Waals surface area contributed by atoms with Gasteiger partial charge in [0.25, 0.3) is 10.0 Å². The lowest BCUT2D eigenvalue weighted by Crippen LogP contribution is -2.22. The van der Waals surface area contributed by atoms with Gasteiger partial charge >= 0.3 is 0 Å². The van der Waals surface area contributed by atoms with Crippen LogP contribution in [0.5, 0.6) is 5.75 Å². The Morgan fingerprint density at radius 3 is 2.52 bits per heavy atom. The Kier molecular flexibility index (Phi) is 4.05. The number of rotatable bonds is 3. The first-order valence-electron chi connectivity index (χ1n) is 6.55. The molecule has 0 saturated carbocycles. The van der Waals surface area contributed by atoms with Crippen LogP contribution >= 0.6 is 0 Å². The molecule has 0 aliphatic heterocycles. The van der Waals surface area contributed by atoms with E-state index >= 15 is 0 Å². The van der Waals surface area contributed by atoms with Gasteiger partial charge in [0, 0.05) is 18.3 Å². The van der Waals surface area contributed by atoms with Crippen LogP contribution in [0.3, 0.4) is 0 Å². The number of benzene rings is 1. The third-order valence-corrected chi connectivity index (χ3v) is 4.24. The number of phenolic OH excluding ortho intramolecular Hbond substituents is 1. The standard InChI is InChI=1S/C14H15FN4O3S/c1-14(2,3)19-8-9(7-16)13(17-19)18-23(21,22)12-5-10(15)4-11(20)6-12/h4-6,8,20H,1-3H3,(H,17,18). The van der Waals surface area contributed by atoms with Gasteiger partial charge in [0.05, 0.1) is 10.4 Å². The Bertz CT molecular complexity index is 871. The van der Waals surface area contributed by atoms with Gasteiger partial charge in [0.2, 0.25) is 0 Å². The highest BCUT2D eigenvalue weighted by molar-refractivity contribution is 7.92. The number of aromatic hydroxyl groups is 1. The SMILES string of the molecule is CC(C)(C)n1cc(C#N)c(NS(=O)(=O)c2cc(O)cc(F)c2)n1. The summed E-state index contributed by atoms with van der Waals surface area (Å²) in [6.45, 7) is 5.51. The van der Waals surface area contributed by atoms with Crippen molar-refractivity contribution in [1.29, 1.82) is 5.26 Å². The number of hydrogen-bond donors (Lipinski definition) is 2. The molecule has 0 fully saturated rings. The van der Waals surface area contributed by atoms with Crippen LogP contribution in [-0.2, 0) is 15.6 Å². The van der Waals surface area contributed by atoms with Crippen molar-refractivity contribution in [1.82, 2.24) is 9.78 Å². The summed E-state index contributed by atoms with van der Waals surface area (Å²) in [6.07, 6.45) is 1.42. The van der Waals surface area contributed by atoms with Crippen molar-refractivity contribution in [2.24, 2.45) is 0 Å². The molecule has 0 aliphatic rings. The molecule has 0 radical (unpaired) electrons. The Morgan fingerprint density at radius 1 is 1.35 bits per heavy atom. The maximum absolute atomic E-state index is 13.3. The molecule has 0 spiro atoms. The molecule has 23 heavy (non-hydrogen) atoms. The van der Waals surface area contributed by atoms with Crippen LogP contribution in [0.25, 0.3) is 0 Å². The van der Waals surface area contributed by atoms with Crippen molar-refractivity contribution in [3.63, 3.8) is 0 Å². The second-order valence-electron chi connectivity index (χ2n) is 5.87. The average Bonchev–Trinajstić information content (AvgIpc) is 2.79. The summed E-state index contributed by atoms with van der Waals surface area (Å²) in [5.74, 6) is -1.58. The molecule has 2 rings (SSSR count). The molecule has 2 aromatic rings. The molecule has 122 valence electrons. The summed E-state index contributed by atoms with van der Waals surface area (Å²) in [4.78, 5) is -0.468. The fourth-order valence-electron chi connectivity index (χ4n) is 1.76. The maximum atomic E-state index is 13.3. The zero-order valence-corrected chi connectivity index (χ0v) is 13.5. The van der Waals surface area contributed by atoms with E-state index in [0.29, 0.717) is 0 Å². The van der Waals surface area contributed by atoms with Gasteiger partial charge in [-0.1, -0.05) is 0 Å². The molecule has 0 aliphatic carbocycles. The zero-order valence-electron chi connectivity index (χ0n) is 12.7. The summed E-state index contributed by atoms with van der Waals surface area (Å²) >= 11 is 0. The van der Waals surface area contributed by atoms with Crippen LogP contribution in [0.4, 0.5) is 10.2 Å². The number of nitriles is 1. The lowest BCUT2D eigenvalue weighted by Gasteiger charge is -2.18. The van der Waals surface area contributed by atoms with Gasteiger partial charge in [-0.05, 0) is 26.8 Å². The fourth-order valence-corrected chi connectivity index (χ4v) is 2.83. The summed E-state index contributed by atoms with van der Waals surface area (Å²) in [7, 11) is -4.20. The first-order chi connectivity index (χ1) is 10.5. The van der Waals surface area contributed by atoms with Crippen LogP contribution in [0.2, 0.25) is 0 Å². The Morgan fingerprint density at radius 2 is 2.00 bits per heavy atom. The van der Waals surface area contributed by atoms with Gasteiger partial charge in [-0.15, -0.1) is 0 Å². The largest absolute Gasteiger partial charge is 0.508 e. The minimum atomic E-state index is -4.20. The van der Waals surface area contributed by atoms with E-state index in [9.17, 15) is 17.9 Å². The topological polar surface area (TPSA) is 108 Å². The normalized spacial score (nSPS) is 12.0. The van der Waals surface area contributed by atoms with Crippen LogP contribution in [0.15, 0.2) is 29.3 Å². The fraction of sp³-hybridized carbons (Fsp3) is 0.286. The Balaban J connectivity index is 2.45. The van der Waals surface area contributed by atoms with Gasteiger partial charge < -0.3 is 5.11 Å². The molecule has 1 aromatic heterocycles. The van der Waals surface area contributed by atoms with Crippen molar-refractivity contribution in [2.45, 2.75) is 31.2 Å². The third-order valence-electron chi connectivity index (χ3n) is 2.92. The number of nitrogens with zero attached hydrogens (tertiary/aromatic N) is 3. The second kappa shape index (κ2) is 5.55. The molecule has 0 bridgehead atoms. The van der Waals surface area contributed by atoms with E-state index in [1.165, 1.54) is 10.9 Å². The molecule has 1 aromatic carbocycles. The molecular weight excluding hydrogens is 323 g/mol.